The molecule has 0 bridgehead atoms. The van der Waals surface area contributed by atoms with Crippen molar-refractivity contribution in [3.8, 4) is 11.5 Å². The summed E-state index contributed by atoms with van der Waals surface area (Å²) in [6.07, 6.45) is 5.66. The number of allylic oxidation sites excluding steroid dienone is 1. The van der Waals surface area contributed by atoms with E-state index in [2.05, 4.69) is 12.7 Å². The van der Waals surface area contributed by atoms with Crippen LogP contribution in [0.15, 0.2) is 65.6 Å². The zero-order valence-electron chi connectivity index (χ0n) is 20.6. The predicted octanol–water partition coefficient (Wildman–Crippen LogP) is 4.81. The third kappa shape index (κ3) is 4.72. The molecule has 0 spiro atoms. The summed E-state index contributed by atoms with van der Waals surface area (Å²) in [6.45, 7) is 7.40. The fourth-order valence-electron chi connectivity index (χ4n) is 4.78. The smallest absolute Gasteiger partial charge is 0.311 e. The molecular weight excluding hydrogens is 485 g/mol. The summed E-state index contributed by atoms with van der Waals surface area (Å²) < 4.78 is 59.6. The molecule has 1 heterocycles. The van der Waals surface area contributed by atoms with E-state index in [4.69, 9.17) is 14.2 Å². The van der Waals surface area contributed by atoms with Crippen LogP contribution in [0.3, 0.4) is 0 Å². The normalized spacial score (nSPS) is 21.4. The molecule has 2 aliphatic rings. The van der Waals surface area contributed by atoms with Gasteiger partial charge < -0.3 is 14.2 Å². The third-order valence-electron chi connectivity index (χ3n) is 6.65. The highest BCUT2D eigenvalue weighted by molar-refractivity contribution is 7.92. The van der Waals surface area contributed by atoms with Crippen LogP contribution in [-0.2, 0) is 26.0 Å². The third-order valence-corrected chi connectivity index (χ3v) is 8.55. The highest BCUT2D eigenvalue weighted by Crippen LogP contribution is 2.41. The second kappa shape index (κ2) is 10.3. The maximum Gasteiger partial charge on any atom is 0.311 e. The van der Waals surface area contributed by atoms with Gasteiger partial charge in [-0.15, -0.1) is 0 Å². The standard InChI is InChI=1S/C27H30FNO6S/c1-5-18-8-7-9-25(18)35-20-11-10-19-14-22(27(30)34-6-2)17(3)29(24(19)15-20)36(31,32)21-12-13-23(28)26(16-21)33-4/h5,8,10-13,15-17,22,25H,1,6-7,9,14H2,2-4H3. The Bertz CT molecular complexity index is 1310. The first kappa shape index (κ1) is 25.8. The van der Waals surface area contributed by atoms with E-state index in [0.717, 1.165) is 30.5 Å². The number of carbonyl (C=O) groups is 1. The lowest BCUT2D eigenvalue weighted by atomic mass is 9.88. The summed E-state index contributed by atoms with van der Waals surface area (Å²) in [5, 5.41) is 0. The van der Waals surface area contributed by atoms with E-state index in [0.29, 0.717) is 23.4 Å². The Morgan fingerprint density at radius 3 is 2.72 bits per heavy atom. The van der Waals surface area contributed by atoms with E-state index >= 15 is 0 Å². The maximum absolute atomic E-state index is 14.1. The van der Waals surface area contributed by atoms with Crippen molar-refractivity contribution in [3.63, 3.8) is 0 Å². The van der Waals surface area contributed by atoms with Gasteiger partial charge in [-0.1, -0.05) is 24.8 Å². The van der Waals surface area contributed by atoms with Crippen molar-refractivity contribution in [2.75, 3.05) is 18.0 Å². The SMILES string of the molecule is C=CC1=CCCC1Oc1ccc2c(c1)N(S(=O)(=O)c1ccc(F)c(OC)c1)C(C)C(C(=O)OCC)C2. The fraction of sp³-hybridized carbons (Fsp3) is 0.370. The van der Waals surface area contributed by atoms with Gasteiger partial charge in [0.15, 0.2) is 11.6 Å². The molecule has 4 rings (SSSR count). The summed E-state index contributed by atoms with van der Waals surface area (Å²) in [7, 11) is -2.95. The van der Waals surface area contributed by atoms with Gasteiger partial charge in [-0.25, -0.2) is 12.8 Å². The van der Waals surface area contributed by atoms with Crippen molar-refractivity contribution in [3.05, 3.63) is 72.1 Å². The zero-order chi connectivity index (χ0) is 26.0. The summed E-state index contributed by atoms with van der Waals surface area (Å²) >= 11 is 0. The molecule has 0 aromatic heterocycles. The number of benzene rings is 2. The van der Waals surface area contributed by atoms with Gasteiger partial charge in [0.05, 0.1) is 36.3 Å². The van der Waals surface area contributed by atoms with Crippen LogP contribution in [0.2, 0.25) is 0 Å². The van der Waals surface area contributed by atoms with E-state index in [1.54, 1.807) is 38.1 Å². The van der Waals surface area contributed by atoms with Gasteiger partial charge in [-0.3, -0.25) is 9.10 Å². The number of rotatable bonds is 8. The molecule has 36 heavy (non-hydrogen) atoms. The Labute approximate surface area is 211 Å². The van der Waals surface area contributed by atoms with E-state index in [1.807, 2.05) is 0 Å². The first-order valence-electron chi connectivity index (χ1n) is 11.9. The van der Waals surface area contributed by atoms with Crippen LogP contribution in [0.4, 0.5) is 10.1 Å². The van der Waals surface area contributed by atoms with Gasteiger partial charge >= 0.3 is 5.97 Å². The summed E-state index contributed by atoms with van der Waals surface area (Å²) in [6, 6.07) is 7.86. The largest absolute Gasteiger partial charge is 0.494 e. The number of halogens is 1. The molecule has 9 heteroatoms. The van der Waals surface area contributed by atoms with Crippen LogP contribution in [0.5, 0.6) is 11.5 Å². The van der Waals surface area contributed by atoms with E-state index < -0.39 is 33.8 Å². The lowest BCUT2D eigenvalue weighted by Gasteiger charge is -2.40. The molecule has 0 N–H and O–H groups in total. The lowest BCUT2D eigenvalue weighted by Crippen LogP contribution is -2.49. The van der Waals surface area contributed by atoms with Gasteiger partial charge in [-0.05, 0) is 62.4 Å². The molecule has 1 aliphatic heterocycles. The Morgan fingerprint density at radius 2 is 2.03 bits per heavy atom. The minimum absolute atomic E-state index is 0.151. The number of anilines is 1. The monoisotopic (exact) mass is 515 g/mol. The topological polar surface area (TPSA) is 82.1 Å². The van der Waals surface area contributed by atoms with Crippen molar-refractivity contribution < 1.29 is 31.8 Å². The molecule has 0 amide bonds. The Hall–Kier alpha value is -3.33. The average Bonchev–Trinajstić information content (AvgIpc) is 3.30. The minimum atomic E-state index is -4.22. The van der Waals surface area contributed by atoms with E-state index in [-0.39, 0.29) is 23.4 Å². The van der Waals surface area contributed by atoms with Crippen molar-refractivity contribution in [1.82, 2.24) is 0 Å². The van der Waals surface area contributed by atoms with Gasteiger partial charge in [-0.2, -0.15) is 0 Å². The highest BCUT2D eigenvalue weighted by atomic mass is 32.2. The van der Waals surface area contributed by atoms with Crippen LogP contribution in [-0.4, -0.2) is 40.2 Å². The molecular formula is C27H30FNO6S. The lowest BCUT2D eigenvalue weighted by molar-refractivity contribution is -0.148. The van der Waals surface area contributed by atoms with Crippen LogP contribution in [0, 0.1) is 11.7 Å². The number of fused-ring (bicyclic) bond motifs is 1. The molecule has 2 aromatic carbocycles. The van der Waals surface area contributed by atoms with Gasteiger partial charge in [0.2, 0.25) is 0 Å². The number of sulfonamides is 1. The van der Waals surface area contributed by atoms with Crippen LogP contribution < -0.4 is 13.8 Å². The summed E-state index contributed by atoms with van der Waals surface area (Å²) in [4.78, 5) is 12.6. The average molecular weight is 516 g/mol. The Balaban J connectivity index is 1.80. The zero-order valence-corrected chi connectivity index (χ0v) is 21.4. The number of methoxy groups -OCH3 is 1. The number of carbonyl (C=O) groups excluding carboxylic acids is 1. The second-order valence-electron chi connectivity index (χ2n) is 8.78. The number of ether oxygens (including phenoxy) is 3. The molecule has 0 saturated carbocycles. The van der Waals surface area contributed by atoms with Crippen molar-refractivity contribution in [1.29, 1.82) is 0 Å². The van der Waals surface area contributed by atoms with Gasteiger partial charge in [0.1, 0.15) is 11.9 Å². The molecule has 3 unspecified atom stereocenters. The van der Waals surface area contributed by atoms with Crippen molar-refractivity contribution in [2.24, 2.45) is 5.92 Å². The second-order valence-corrected chi connectivity index (χ2v) is 10.6. The Kier molecular flexibility index (Phi) is 7.40. The van der Waals surface area contributed by atoms with Crippen molar-refractivity contribution >= 4 is 21.7 Å². The summed E-state index contributed by atoms with van der Waals surface area (Å²) in [5.41, 5.74) is 2.07. The number of hydrogen-bond acceptors (Lipinski definition) is 6. The molecule has 192 valence electrons. The van der Waals surface area contributed by atoms with Gasteiger partial charge in [0, 0.05) is 12.1 Å². The Morgan fingerprint density at radius 1 is 1.25 bits per heavy atom. The van der Waals surface area contributed by atoms with E-state index in [9.17, 15) is 17.6 Å². The number of hydrogen-bond donors (Lipinski definition) is 0. The highest BCUT2D eigenvalue weighted by Gasteiger charge is 2.43. The predicted molar refractivity (Wildman–Crippen MR) is 134 cm³/mol. The first-order chi connectivity index (χ1) is 17.2. The van der Waals surface area contributed by atoms with Crippen LogP contribution >= 0.6 is 0 Å². The maximum atomic E-state index is 14.1. The number of esters is 1. The van der Waals surface area contributed by atoms with E-state index in [1.165, 1.54) is 17.5 Å². The molecule has 1 aliphatic carbocycles. The van der Waals surface area contributed by atoms with Crippen molar-refractivity contribution in [2.45, 2.75) is 50.2 Å². The molecule has 2 aromatic rings. The summed E-state index contributed by atoms with van der Waals surface area (Å²) in [5.74, 6) is -1.55. The molecule has 0 fully saturated rings. The molecule has 3 atom stereocenters. The fourth-order valence-corrected chi connectivity index (χ4v) is 6.52. The minimum Gasteiger partial charge on any atom is -0.494 e. The van der Waals surface area contributed by atoms with Crippen LogP contribution in [0.25, 0.3) is 0 Å². The number of nitrogens with zero attached hydrogens (tertiary/aromatic N) is 1. The molecule has 7 nitrogen and oxygen atoms in total. The molecule has 0 radical (unpaired) electrons. The molecule has 0 saturated heterocycles. The van der Waals surface area contributed by atoms with Gasteiger partial charge in [0.25, 0.3) is 10.0 Å². The van der Waals surface area contributed by atoms with Crippen LogP contribution in [0.1, 0.15) is 32.3 Å². The first-order valence-corrected chi connectivity index (χ1v) is 13.3. The quantitative estimate of drug-likeness (QED) is 0.470.